The molecule has 0 amide bonds. The lowest BCUT2D eigenvalue weighted by Gasteiger charge is -2.21. The molecule has 0 saturated heterocycles. The van der Waals surface area contributed by atoms with Crippen LogP contribution in [-0.4, -0.2) is 58.4 Å². The van der Waals surface area contributed by atoms with Crippen LogP contribution < -0.4 is 0 Å². The Morgan fingerprint density at radius 2 is 1.47 bits per heavy atom. The molecule has 0 atom stereocenters. The quantitative estimate of drug-likeness (QED) is 0.188. The molecule has 0 spiro atoms. The lowest BCUT2D eigenvalue weighted by molar-refractivity contribution is -0.385. The second-order valence-corrected chi connectivity index (χ2v) is 7.10. The third kappa shape index (κ3) is 7.81. The fourth-order valence-electron chi connectivity index (χ4n) is 3.14. The zero-order chi connectivity index (χ0) is 22.4. The highest BCUT2D eigenvalue weighted by molar-refractivity contribution is 5.77. The Balaban J connectivity index is 1.57. The third-order valence-corrected chi connectivity index (χ3v) is 4.71. The zero-order valence-corrected chi connectivity index (χ0v) is 17.8. The average Bonchev–Trinajstić information content (AvgIpc) is 2.83. The van der Waals surface area contributed by atoms with Crippen LogP contribution in [0.2, 0.25) is 0 Å². The first-order chi connectivity index (χ1) is 15.7. The van der Waals surface area contributed by atoms with E-state index in [9.17, 15) is 10.1 Å². The van der Waals surface area contributed by atoms with Crippen molar-refractivity contribution in [2.24, 2.45) is 9.98 Å². The van der Waals surface area contributed by atoms with Gasteiger partial charge in [0.15, 0.2) is 0 Å². The molecule has 0 aliphatic carbocycles. The van der Waals surface area contributed by atoms with E-state index in [4.69, 9.17) is 0 Å². The number of para-hydroxylation sites is 1. The van der Waals surface area contributed by atoms with Crippen LogP contribution in [0.1, 0.15) is 23.4 Å². The van der Waals surface area contributed by atoms with Crippen LogP contribution in [-0.2, 0) is 6.54 Å². The Kier molecular flexibility index (Phi) is 9.17. The SMILES string of the molecule is O=[N+]([O-])c1ccccc1CN(CCCN=Cc1ccccn1)CCN=Cc1ccccn1. The fourth-order valence-corrected chi connectivity index (χ4v) is 3.14. The van der Waals surface area contributed by atoms with Gasteiger partial charge in [-0.1, -0.05) is 30.3 Å². The van der Waals surface area contributed by atoms with Crippen molar-refractivity contribution < 1.29 is 4.92 Å². The van der Waals surface area contributed by atoms with E-state index in [1.165, 1.54) is 0 Å². The molecule has 3 aromatic rings. The molecule has 0 aliphatic rings. The molecule has 32 heavy (non-hydrogen) atoms. The van der Waals surface area contributed by atoms with Gasteiger partial charge in [-0.2, -0.15) is 0 Å². The topological polar surface area (TPSA) is 96.9 Å². The molecule has 3 rings (SSSR count). The van der Waals surface area contributed by atoms with Crippen molar-refractivity contribution in [3.8, 4) is 0 Å². The molecular weight excluding hydrogens is 404 g/mol. The molecular formula is C24H26N6O2. The third-order valence-electron chi connectivity index (χ3n) is 4.71. The maximum absolute atomic E-state index is 11.4. The van der Waals surface area contributed by atoms with Gasteiger partial charge in [-0.3, -0.25) is 35.0 Å². The molecule has 0 aliphatic heterocycles. The van der Waals surface area contributed by atoms with Gasteiger partial charge in [-0.05, 0) is 30.7 Å². The monoisotopic (exact) mass is 430 g/mol. The Bertz CT molecular complexity index is 1020. The van der Waals surface area contributed by atoms with E-state index < -0.39 is 0 Å². The number of hydrogen-bond donors (Lipinski definition) is 0. The fraction of sp³-hybridized carbons (Fsp3) is 0.250. The second kappa shape index (κ2) is 12.8. The highest BCUT2D eigenvalue weighted by Gasteiger charge is 2.15. The smallest absolute Gasteiger partial charge is 0.273 e. The van der Waals surface area contributed by atoms with Crippen LogP contribution in [0.15, 0.2) is 83.0 Å². The van der Waals surface area contributed by atoms with Gasteiger partial charge in [0.1, 0.15) is 0 Å². The maximum Gasteiger partial charge on any atom is 0.273 e. The number of aliphatic imine (C=N–C) groups is 2. The zero-order valence-electron chi connectivity index (χ0n) is 17.8. The summed E-state index contributed by atoms with van der Waals surface area (Å²) in [6, 6.07) is 18.3. The van der Waals surface area contributed by atoms with Crippen LogP contribution in [0.4, 0.5) is 5.69 Å². The van der Waals surface area contributed by atoms with E-state index in [2.05, 4.69) is 24.9 Å². The molecule has 2 heterocycles. The van der Waals surface area contributed by atoms with Gasteiger partial charge in [0.2, 0.25) is 0 Å². The van der Waals surface area contributed by atoms with E-state index in [-0.39, 0.29) is 10.6 Å². The number of pyridine rings is 2. The van der Waals surface area contributed by atoms with Crippen molar-refractivity contribution in [1.82, 2.24) is 14.9 Å². The van der Waals surface area contributed by atoms with E-state index in [0.717, 1.165) is 24.4 Å². The number of aromatic nitrogens is 2. The number of nitro benzene ring substituents is 1. The summed E-state index contributed by atoms with van der Waals surface area (Å²) in [5, 5.41) is 11.4. The molecule has 2 aromatic heterocycles. The van der Waals surface area contributed by atoms with Gasteiger partial charge in [0.25, 0.3) is 5.69 Å². The number of benzene rings is 1. The van der Waals surface area contributed by atoms with Gasteiger partial charge < -0.3 is 0 Å². The normalized spacial score (nSPS) is 11.5. The Morgan fingerprint density at radius 3 is 2.09 bits per heavy atom. The van der Waals surface area contributed by atoms with Crippen molar-refractivity contribution in [1.29, 1.82) is 0 Å². The van der Waals surface area contributed by atoms with Crippen LogP contribution >= 0.6 is 0 Å². The highest BCUT2D eigenvalue weighted by atomic mass is 16.6. The van der Waals surface area contributed by atoms with Gasteiger partial charge in [-0.15, -0.1) is 0 Å². The van der Waals surface area contributed by atoms with Gasteiger partial charge >= 0.3 is 0 Å². The summed E-state index contributed by atoms with van der Waals surface area (Å²) in [7, 11) is 0. The molecule has 0 fully saturated rings. The molecule has 8 heteroatoms. The van der Waals surface area contributed by atoms with Crippen LogP contribution in [0.25, 0.3) is 0 Å². The summed E-state index contributed by atoms with van der Waals surface area (Å²) in [6.45, 7) is 3.15. The first kappa shape index (κ1) is 22.9. The standard InChI is InChI=1S/C24H26N6O2/c31-30(32)24-11-2-1-8-21(24)20-29(17-15-26-19-23-10-4-6-14-28-23)16-7-12-25-18-22-9-3-5-13-27-22/h1-6,8-11,13-14,18-19H,7,12,15-17,20H2. The van der Waals surface area contributed by atoms with Crippen LogP contribution in [0, 0.1) is 10.1 Å². The molecule has 0 saturated carbocycles. The summed E-state index contributed by atoms with van der Waals surface area (Å²) in [5.41, 5.74) is 2.47. The summed E-state index contributed by atoms with van der Waals surface area (Å²) in [6.07, 6.45) is 7.81. The first-order valence-electron chi connectivity index (χ1n) is 10.5. The van der Waals surface area contributed by atoms with Crippen LogP contribution in [0.5, 0.6) is 0 Å². The lowest BCUT2D eigenvalue weighted by Crippen LogP contribution is -2.28. The van der Waals surface area contributed by atoms with E-state index >= 15 is 0 Å². The summed E-state index contributed by atoms with van der Waals surface area (Å²) in [4.78, 5) is 30.6. The molecule has 0 unspecified atom stereocenters. The Morgan fingerprint density at radius 1 is 0.844 bits per heavy atom. The summed E-state index contributed by atoms with van der Waals surface area (Å²) >= 11 is 0. The second-order valence-electron chi connectivity index (χ2n) is 7.10. The molecule has 0 N–H and O–H groups in total. The number of hydrogen-bond acceptors (Lipinski definition) is 7. The van der Waals surface area contributed by atoms with Crippen molar-refractivity contribution in [2.45, 2.75) is 13.0 Å². The maximum atomic E-state index is 11.4. The number of nitrogens with zero attached hydrogens (tertiary/aromatic N) is 6. The minimum Gasteiger partial charge on any atom is -0.297 e. The van der Waals surface area contributed by atoms with E-state index in [1.54, 1.807) is 37.0 Å². The Hall–Kier alpha value is -3.78. The highest BCUT2D eigenvalue weighted by Crippen LogP contribution is 2.19. The van der Waals surface area contributed by atoms with Gasteiger partial charge in [-0.25, -0.2) is 0 Å². The molecule has 164 valence electrons. The van der Waals surface area contributed by atoms with Crippen molar-refractivity contribution in [3.63, 3.8) is 0 Å². The predicted octanol–water partition coefficient (Wildman–Crippen LogP) is 3.82. The number of nitro groups is 1. The number of rotatable bonds is 12. The minimum absolute atomic E-state index is 0.141. The van der Waals surface area contributed by atoms with Crippen molar-refractivity contribution >= 4 is 18.1 Å². The Labute approximate surface area is 187 Å². The van der Waals surface area contributed by atoms with Crippen molar-refractivity contribution in [3.05, 3.63) is 100 Å². The first-order valence-corrected chi connectivity index (χ1v) is 10.5. The lowest BCUT2D eigenvalue weighted by atomic mass is 10.1. The van der Waals surface area contributed by atoms with Crippen molar-refractivity contribution in [2.75, 3.05) is 26.2 Å². The van der Waals surface area contributed by atoms with E-state index in [1.807, 2.05) is 48.5 Å². The molecule has 0 bridgehead atoms. The van der Waals surface area contributed by atoms with Gasteiger partial charge in [0, 0.05) is 62.6 Å². The molecule has 0 radical (unpaired) electrons. The summed E-state index contributed by atoms with van der Waals surface area (Å²) < 4.78 is 0. The average molecular weight is 431 g/mol. The predicted molar refractivity (Wildman–Crippen MR) is 126 cm³/mol. The van der Waals surface area contributed by atoms with Gasteiger partial charge in [0.05, 0.1) is 22.9 Å². The summed E-state index contributed by atoms with van der Waals surface area (Å²) in [5.74, 6) is 0. The minimum atomic E-state index is -0.329. The van der Waals surface area contributed by atoms with Crippen LogP contribution in [0.3, 0.4) is 0 Å². The molecule has 1 aromatic carbocycles. The largest absolute Gasteiger partial charge is 0.297 e. The van der Waals surface area contributed by atoms with E-state index in [0.29, 0.717) is 31.7 Å². The molecule has 8 nitrogen and oxygen atoms in total.